The number of rotatable bonds is 0. The predicted molar refractivity (Wildman–Crippen MR) is 52.9 cm³/mol. The Labute approximate surface area is 77.1 Å². The lowest BCUT2D eigenvalue weighted by atomic mass is 10.1. The predicted octanol–water partition coefficient (Wildman–Crippen LogP) is 1.20. The molecular formula is C8H10ClN3. The molecule has 0 bridgehead atoms. The molecule has 1 aromatic carbocycles. The fourth-order valence-electron chi connectivity index (χ4n) is 1.16. The summed E-state index contributed by atoms with van der Waals surface area (Å²) in [6.07, 6.45) is 0. The van der Waals surface area contributed by atoms with E-state index in [4.69, 9.17) is 5.73 Å². The molecule has 3 nitrogen and oxygen atoms in total. The molecule has 3 N–H and O–H groups in total. The Kier molecular flexibility index (Phi) is 2.55. The van der Waals surface area contributed by atoms with Crippen LogP contribution in [0.2, 0.25) is 0 Å². The largest absolute Gasteiger partial charge is 0.383 e. The maximum Gasteiger partial charge on any atom is 0.129 e. The maximum atomic E-state index is 5.66. The molecule has 4 heteroatoms. The van der Waals surface area contributed by atoms with Gasteiger partial charge in [-0.1, -0.05) is 12.1 Å². The van der Waals surface area contributed by atoms with Crippen molar-refractivity contribution in [3.05, 3.63) is 29.8 Å². The number of halogens is 1. The lowest BCUT2D eigenvalue weighted by Gasteiger charge is -2.14. The highest BCUT2D eigenvalue weighted by Gasteiger charge is 2.07. The third-order valence-electron chi connectivity index (χ3n) is 1.72. The number of para-hydroxylation sites is 1. The first-order valence-electron chi connectivity index (χ1n) is 3.51. The summed E-state index contributed by atoms with van der Waals surface area (Å²) < 4.78 is 0. The number of fused-ring (bicyclic) bond motifs is 1. The number of nitrogens with zero attached hydrogens (tertiary/aromatic N) is 1. The van der Waals surface area contributed by atoms with Gasteiger partial charge in [-0.05, 0) is 12.1 Å². The van der Waals surface area contributed by atoms with E-state index in [1.807, 2.05) is 24.3 Å². The molecule has 1 heterocycles. The van der Waals surface area contributed by atoms with Crippen molar-refractivity contribution in [3.8, 4) is 0 Å². The van der Waals surface area contributed by atoms with Crippen LogP contribution in [0.1, 0.15) is 5.56 Å². The number of nitrogens with one attached hydrogen (secondary N) is 1. The van der Waals surface area contributed by atoms with Crippen molar-refractivity contribution < 1.29 is 0 Å². The molecule has 0 unspecified atom stereocenters. The molecule has 0 saturated heterocycles. The monoisotopic (exact) mass is 183 g/mol. The van der Waals surface area contributed by atoms with Crippen LogP contribution in [0, 0.1) is 0 Å². The highest BCUT2D eigenvalue weighted by Crippen LogP contribution is 2.16. The first-order valence-corrected chi connectivity index (χ1v) is 3.51. The van der Waals surface area contributed by atoms with E-state index in [0.29, 0.717) is 12.5 Å². The number of amidine groups is 1. The molecule has 0 spiro atoms. The lowest BCUT2D eigenvalue weighted by molar-refractivity contribution is 1.10. The van der Waals surface area contributed by atoms with Gasteiger partial charge in [-0.15, -0.1) is 12.4 Å². The molecule has 12 heavy (non-hydrogen) atoms. The third-order valence-corrected chi connectivity index (χ3v) is 1.72. The first kappa shape index (κ1) is 8.87. The molecule has 64 valence electrons. The molecule has 1 aliphatic rings. The second-order valence-corrected chi connectivity index (χ2v) is 2.42. The second kappa shape index (κ2) is 3.45. The van der Waals surface area contributed by atoms with Crippen LogP contribution in [-0.2, 0) is 0 Å². The quantitative estimate of drug-likeness (QED) is 0.635. The van der Waals surface area contributed by atoms with Gasteiger partial charge in [-0.3, -0.25) is 0 Å². The maximum absolute atomic E-state index is 5.66. The molecule has 2 rings (SSSR count). The van der Waals surface area contributed by atoms with Crippen LogP contribution in [0.15, 0.2) is 29.3 Å². The topological polar surface area (TPSA) is 50.4 Å². The zero-order chi connectivity index (χ0) is 7.68. The lowest BCUT2D eigenvalue weighted by Crippen LogP contribution is -2.22. The zero-order valence-corrected chi connectivity index (χ0v) is 7.27. The standard InChI is InChI=1S/C8H9N3.ClH/c9-8-6-3-1-2-4-7(6)10-5-11-8;/h1-4,10H,5H2,(H2,9,11);1H. The van der Waals surface area contributed by atoms with E-state index in [9.17, 15) is 0 Å². The van der Waals surface area contributed by atoms with Gasteiger partial charge >= 0.3 is 0 Å². The number of nitrogens with two attached hydrogens (primary N) is 1. The fraction of sp³-hybridized carbons (Fsp3) is 0.125. The van der Waals surface area contributed by atoms with Crippen LogP contribution in [-0.4, -0.2) is 12.5 Å². The summed E-state index contributed by atoms with van der Waals surface area (Å²) >= 11 is 0. The number of hydrogen-bond acceptors (Lipinski definition) is 3. The van der Waals surface area contributed by atoms with Crippen molar-refractivity contribution >= 4 is 23.9 Å². The smallest absolute Gasteiger partial charge is 0.129 e. The molecule has 0 saturated carbocycles. The summed E-state index contributed by atoms with van der Waals surface area (Å²) in [6, 6.07) is 7.88. The van der Waals surface area contributed by atoms with Gasteiger partial charge in [-0.2, -0.15) is 0 Å². The number of anilines is 1. The van der Waals surface area contributed by atoms with Gasteiger partial charge in [0.05, 0.1) is 0 Å². The Bertz CT molecular complexity index is 309. The highest BCUT2D eigenvalue weighted by atomic mass is 35.5. The highest BCUT2D eigenvalue weighted by molar-refractivity contribution is 6.03. The van der Waals surface area contributed by atoms with Gasteiger partial charge in [-0.25, -0.2) is 4.99 Å². The average molecular weight is 184 g/mol. The van der Waals surface area contributed by atoms with Crippen molar-refractivity contribution in [1.82, 2.24) is 0 Å². The summed E-state index contributed by atoms with van der Waals surface area (Å²) in [4.78, 5) is 4.05. The summed E-state index contributed by atoms with van der Waals surface area (Å²) in [5.41, 5.74) is 7.72. The SMILES string of the molecule is Cl.NC1=NCNc2ccccc21. The van der Waals surface area contributed by atoms with Crippen LogP contribution in [0.25, 0.3) is 0 Å². The van der Waals surface area contributed by atoms with Crippen molar-refractivity contribution in [2.24, 2.45) is 10.7 Å². The van der Waals surface area contributed by atoms with Crippen molar-refractivity contribution in [2.75, 3.05) is 12.0 Å². The van der Waals surface area contributed by atoms with Crippen LogP contribution in [0.5, 0.6) is 0 Å². The third kappa shape index (κ3) is 1.36. The molecule has 0 radical (unpaired) electrons. The number of hydrogen-bond donors (Lipinski definition) is 2. The summed E-state index contributed by atoms with van der Waals surface area (Å²) in [5, 5.41) is 3.13. The molecular weight excluding hydrogens is 174 g/mol. The van der Waals surface area contributed by atoms with Gasteiger partial charge in [0.1, 0.15) is 12.5 Å². The van der Waals surface area contributed by atoms with E-state index in [1.165, 1.54) is 0 Å². The van der Waals surface area contributed by atoms with Gasteiger partial charge < -0.3 is 11.1 Å². The van der Waals surface area contributed by atoms with Crippen LogP contribution < -0.4 is 11.1 Å². The molecule has 0 amide bonds. The minimum absolute atomic E-state index is 0. The molecule has 0 aliphatic carbocycles. The fourth-order valence-corrected chi connectivity index (χ4v) is 1.16. The van der Waals surface area contributed by atoms with Crippen LogP contribution in [0.3, 0.4) is 0 Å². The summed E-state index contributed by atoms with van der Waals surface area (Å²) in [7, 11) is 0. The Hall–Kier alpha value is -1.22. The number of aliphatic imine (C=N–C) groups is 1. The van der Waals surface area contributed by atoms with Crippen LogP contribution >= 0.6 is 12.4 Å². The van der Waals surface area contributed by atoms with E-state index in [-0.39, 0.29) is 12.4 Å². The first-order chi connectivity index (χ1) is 5.38. The van der Waals surface area contributed by atoms with Crippen LogP contribution in [0.4, 0.5) is 5.69 Å². The van der Waals surface area contributed by atoms with Gasteiger partial charge in [0.2, 0.25) is 0 Å². The number of benzene rings is 1. The molecule has 1 aromatic rings. The Morgan fingerprint density at radius 1 is 1.33 bits per heavy atom. The van der Waals surface area contributed by atoms with Crippen molar-refractivity contribution in [1.29, 1.82) is 0 Å². The minimum Gasteiger partial charge on any atom is -0.383 e. The Balaban J connectivity index is 0.000000720. The average Bonchev–Trinajstić information content (AvgIpc) is 2.06. The Morgan fingerprint density at radius 2 is 2.08 bits per heavy atom. The van der Waals surface area contributed by atoms with Gasteiger partial charge in [0, 0.05) is 11.3 Å². The normalized spacial score (nSPS) is 13.5. The zero-order valence-electron chi connectivity index (χ0n) is 6.45. The van der Waals surface area contributed by atoms with E-state index >= 15 is 0 Å². The van der Waals surface area contributed by atoms with E-state index in [1.54, 1.807) is 0 Å². The molecule has 0 atom stereocenters. The molecule has 1 aliphatic heterocycles. The summed E-state index contributed by atoms with van der Waals surface area (Å²) in [6.45, 7) is 0.586. The minimum atomic E-state index is 0. The van der Waals surface area contributed by atoms with Gasteiger partial charge in [0.15, 0.2) is 0 Å². The van der Waals surface area contributed by atoms with Crippen molar-refractivity contribution in [2.45, 2.75) is 0 Å². The van der Waals surface area contributed by atoms with E-state index in [0.717, 1.165) is 11.3 Å². The van der Waals surface area contributed by atoms with Gasteiger partial charge in [0.25, 0.3) is 0 Å². The van der Waals surface area contributed by atoms with E-state index in [2.05, 4.69) is 10.3 Å². The molecule has 0 aromatic heterocycles. The van der Waals surface area contributed by atoms with Crippen molar-refractivity contribution in [3.63, 3.8) is 0 Å². The second-order valence-electron chi connectivity index (χ2n) is 2.42. The summed E-state index contributed by atoms with van der Waals surface area (Å²) in [5.74, 6) is 0.624. The van der Waals surface area contributed by atoms with E-state index < -0.39 is 0 Å². The Morgan fingerprint density at radius 3 is 2.83 bits per heavy atom. The molecule has 0 fully saturated rings.